The lowest BCUT2D eigenvalue weighted by molar-refractivity contribution is -0.158. The van der Waals surface area contributed by atoms with Crippen molar-refractivity contribution in [1.29, 1.82) is 0 Å². The summed E-state index contributed by atoms with van der Waals surface area (Å²) in [6, 6.07) is 5.64. The minimum Gasteiger partial charge on any atom is -0.462 e. The number of primary amides is 1. The van der Waals surface area contributed by atoms with E-state index in [1.54, 1.807) is 6.07 Å². The topological polar surface area (TPSA) is 133 Å². The quantitative estimate of drug-likeness (QED) is 0.414. The minimum absolute atomic E-state index is 0.0122. The SMILES string of the molecule is CC(=O)OC(CC(=O)O[C@H]1CC[C@H](Nc2cc(-n3c(C)c(C)c4c3CCCC4=O)ccc2C(N)=O)CC1)CN(C)C. The Balaban J connectivity index is 1.43. The minimum atomic E-state index is -0.552. The predicted octanol–water partition coefficient (Wildman–Crippen LogP) is 3.86. The van der Waals surface area contributed by atoms with Crippen LogP contribution < -0.4 is 11.1 Å². The molecule has 1 saturated carbocycles. The Morgan fingerprint density at radius 3 is 2.46 bits per heavy atom. The maximum atomic E-state index is 12.7. The number of hydrogen-bond donors (Lipinski definition) is 2. The van der Waals surface area contributed by atoms with Crippen LogP contribution in [0.1, 0.15) is 89.5 Å². The molecule has 1 heterocycles. The van der Waals surface area contributed by atoms with Crippen LogP contribution >= 0.6 is 0 Å². The average Bonchev–Trinajstić information content (AvgIpc) is 3.14. The molecule has 0 aliphatic heterocycles. The van der Waals surface area contributed by atoms with Gasteiger partial charge in [-0.05, 0) is 90.2 Å². The number of rotatable bonds is 10. The van der Waals surface area contributed by atoms with Gasteiger partial charge in [0.05, 0.1) is 12.0 Å². The third kappa shape index (κ3) is 7.16. The van der Waals surface area contributed by atoms with Crippen molar-refractivity contribution in [1.82, 2.24) is 9.47 Å². The molecule has 1 amide bonds. The molecule has 1 aromatic carbocycles. The largest absolute Gasteiger partial charge is 0.462 e. The summed E-state index contributed by atoms with van der Waals surface area (Å²) in [6.45, 7) is 5.79. The van der Waals surface area contributed by atoms with Gasteiger partial charge in [-0.15, -0.1) is 0 Å². The predicted molar refractivity (Wildman–Crippen MR) is 156 cm³/mol. The molecule has 0 bridgehead atoms. The lowest BCUT2D eigenvalue weighted by Gasteiger charge is -2.30. The number of Topliss-reactive ketones (excluding diaryl/α,β-unsaturated/α-hetero) is 1. The molecule has 2 aliphatic carbocycles. The van der Waals surface area contributed by atoms with Gasteiger partial charge in [0.2, 0.25) is 0 Å². The molecule has 0 saturated heterocycles. The number of carbonyl (C=O) groups is 4. The summed E-state index contributed by atoms with van der Waals surface area (Å²) in [5.74, 6) is -1.13. The van der Waals surface area contributed by atoms with Gasteiger partial charge in [0.1, 0.15) is 12.2 Å². The maximum absolute atomic E-state index is 12.7. The second-order valence-electron chi connectivity index (χ2n) is 11.5. The zero-order valence-electron chi connectivity index (χ0n) is 24.7. The average molecular weight is 567 g/mol. The standard InChI is InChI=1S/C31H42N4O6/c1-18-19(2)35(27-7-6-8-28(37)30(18)27)22-11-14-25(31(32)39)26(15-22)33-21-9-12-23(13-10-21)41-29(38)16-24(17-34(4)5)40-20(3)36/h11,14-15,21,23-24,33H,6-10,12-13,16-17H2,1-5H3,(H2,32,39)/t21-,23-,24?. The van der Waals surface area contributed by atoms with E-state index in [0.29, 0.717) is 37.1 Å². The van der Waals surface area contributed by atoms with Crippen molar-refractivity contribution in [3.63, 3.8) is 0 Å². The second-order valence-corrected chi connectivity index (χ2v) is 11.5. The molecule has 1 fully saturated rings. The maximum Gasteiger partial charge on any atom is 0.309 e. The highest BCUT2D eigenvalue weighted by Crippen LogP contribution is 2.34. The van der Waals surface area contributed by atoms with Crippen LogP contribution in [0.15, 0.2) is 18.2 Å². The number of esters is 2. The number of carbonyl (C=O) groups excluding carboxylic acids is 4. The summed E-state index contributed by atoms with van der Waals surface area (Å²) in [5, 5.41) is 3.52. The molecular weight excluding hydrogens is 524 g/mol. The first-order valence-corrected chi connectivity index (χ1v) is 14.4. The van der Waals surface area contributed by atoms with Crippen molar-refractivity contribution in [2.24, 2.45) is 5.73 Å². The van der Waals surface area contributed by atoms with E-state index in [2.05, 4.69) is 9.88 Å². The van der Waals surface area contributed by atoms with Crippen LogP contribution in [0.4, 0.5) is 5.69 Å². The number of ether oxygens (including phenoxy) is 2. The number of nitrogens with zero attached hydrogens (tertiary/aromatic N) is 2. The van der Waals surface area contributed by atoms with E-state index in [9.17, 15) is 19.2 Å². The van der Waals surface area contributed by atoms with Crippen LogP contribution in [0, 0.1) is 13.8 Å². The van der Waals surface area contributed by atoms with Gasteiger partial charge in [-0.2, -0.15) is 0 Å². The van der Waals surface area contributed by atoms with Crippen molar-refractivity contribution >= 4 is 29.3 Å². The number of anilines is 1. The Morgan fingerprint density at radius 1 is 1.12 bits per heavy atom. The molecule has 41 heavy (non-hydrogen) atoms. The number of likely N-dealkylation sites (N-methyl/N-ethyl adjacent to an activating group) is 1. The molecule has 10 heteroatoms. The monoisotopic (exact) mass is 566 g/mol. The van der Waals surface area contributed by atoms with Gasteiger partial charge in [0, 0.05) is 54.3 Å². The summed E-state index contributed by atoms with van der Waals surface area (Å²) in [4.78, 5) is 50.8. The third-order valence-electron chi connectivity index (χ3n) is 8.06. The highest BCUT2D eigenvalue weighted by atomic mass is 16.6. The molecule has 4 rings (SSSR count). The third-order valence-corrected chi connectivity index (χ3v) is 8.06. The molecule has 0 spiro atoms. The first-order valence-electron chi connectivity index (χ1n) is 14.4. The van der Waals surface area contributed by atoms with E-state index in [1.165, 1.54) is 6.92 Å². The smallest absolute Gasteiger partial charge is 0.309 e. The van der Waals surface area contributed by atoms with E-state index >= 15 is 0 Å². The Hall–Kier alpha value is -3.66. The lowest BCUT2D eigenvalue weighted by Crippen LogP contribution is -2.35. The van der Waals surface area contributed by atoms with Crippen LogP contribution in [0.3, 0.4) is 0 Å². The van der Waals surface area contributed by atoms with Crippen LogP contribution in [-0.2, 0) is 25.5 Å². The van der Waals surface area contributed by atoms with Crippen molar-refractivity contribution < 1.29 is 28.7 Å². The normalized spacial score (nSPS) is 19.4. The number of nitrogens with one attached hydrogen (secondary N) is 1. The zero-order valence-corrected chi connectivity index (χ0v) is 24.7. The molecule has 1 aromatic heterocycles. The fourth-order valence-corrected chi connectivity index (χ4v) is 6.13. The van der Waals surface area contributed by atoms with Crippen molar-refractivity contribution in [2.75, 3.05) is 26.0 Å². The Kier molecular flexibility index (Phi) is 9.53. The van der Waals surface area contributed by atoms with Crippen LogP contribution in [0.2, 0.25) is 0 Å². The van der Waals surface area contributed by atoms with Gasteiger partial charge in [0.25, 0.3) is 5.91 Å². The fraction of sp³-hybridized carbons (Fsp3) is 0.548. The van der Waals surface area contributed by atoms with Crippen molar-refractivity contribution in [2.45, 2.75) is 90.4 Å². The van der Waals surface area contributed by atoms with Gasteiger partial charge in [-0.1, -0.05) is 0 Å². The first kappa shape index (κ1) is 30.3. The van der Waals surface area contributed by atoms with E-state index in [1.807, 2.05) is 45.0 Å². The Labute approximate surface area is 241 Å². The van der Waals surface area contributed by atoms with Crippen LogP contribution in [0.25, 0.3) is 5.69 Å². The first-order chi connectivity index (χ1) is 19.4. The summed E-state index contributed by atoms with van der Waals surface area (Å²) in [6.07, 6.45) is 4.32. The zero-order chi connectivity index (χ0) is 29.8. The molecule has 222 valence electrons. The number of hydrogen-bond acceptors (Lipinski definition) is 8. The van der Waals surface area contributed by atoms with Gasteiger partial charge in [0.15, 0.2) is 5.78 Å². The molecule has 3 N–H and O–H groups in total. The highest BCUT2D eigenvalue weighted by Gasteiger charge is 2.29. The van der Waals surface area contributed by atoms with E-state index < -0.39 is 18.0 Å². The molecule has 10 nitrogen and oxygen atoms in total. The van der Waals surface area contributed by atoms with Gasteiger partial charge >= 0.3 is 11.9 Å². The number of benzene rings is 1. The summed E-state index contributed by atoms with van der Waals surface area (Å²) < 4.78 is 13.1. The Morgan fingerprint density at radius 2 is 1.83 bits per heavy atom. The van der Waals surface area contributed by atoms with Crippen LogP contribution in [0.5, 0.6) is 0 Å². The van der Waals surface area contributed by atoms with E-state index in [-0.39, 0.29) is 30.3 Å². The summed E-state index contributed by atoms with van der Waals surface area (Å²) in [5.41, 5.74) is 11.6. The summed E-state index contributed by atoms with van der Waals surface area (Å²) >= 11 is 0. The number of amides is 1. The molecule has 2 aliphatic rings. The van der Waals surface area contributed by atoms with E-state index in [0.717, 1.165) is 53.9 Å². The van der Waals surface area contributed by atoms with Crippen molar-refractivity contribution in [3.8, 4) is 5.69 Å². The lowest BCUT2D eigenvalue weighted by atomic mass is 9.92. The molecule has 1 unspecified atom stereocenters. The number of ketones is 1. The number of nitrogens with two attached hydrogens (primary N) is 1. The molecule has 2 aromatic rings. The molecular formula is C31H42N4O6. The number of aromatic nitrogens is 1. The van der Waals surface area contributed by atoms with Crippen LogP contribution in [-0.4, -0.2) is 72.0 Å². The molecule has 1 atom stereocenters. The van der Waals surface area contributed by atoms with Gasteiger partial charge in [-0.3, -0.25) is 19.2 Å². The Bertz CT molecular complexity index is 1320. The fourth-order valence-electron chi connectivity index (χ4n) is 6.13. The molecule has 0 radical (unpaired) electrons. The summed E-state index contributed by atoms with van der Waals surface area (Å²) in [7, 11) is 3.70. The van der Waals surface area contributed by atoms with Gasteiger partial charge < -0.3 is 30.0 Å². The van der Waals surface area contributed by atoms with E-state index in [4.69, 9.17) is 15.2 Å². The second kappa shape index (κ2) is 12.9. The highest BCUT2D eigenvalue weighted by molar-refractivity contribution is 6.01. The number of fused-ring (bicyclic) bond motifs is 1. The van der Waals surface area contributed by atoms with Crippen molar-refractivity contribution in [3.05, 3.63) is 46.3 Å². The van der Waals surface area contributed by atoms with Gasteiger partial charge in [-0.25, -0.2) is 0 Å².